The number of carbonyl (C=O) groups excluding carboxylic acids is 2. The third kappa shape index (κ3) is 3.97. The van der Waals surface area contributed by atoms with Crippen molar-refractivity contribution in [2.45, 2.75) is 37.8 Å². The van der Waals surface area contributed by atoms with E-state index in [1.165, 1.54) is 0 Å². The van der Waals surface area contributed by atoms with Crippen LogP contribution in [-0.2, 0) is 14.4 Å². The number of nitrogens with zero attached hydrogens (tertiary/aromatic N) is 1. The van der Waals surface area contributed by atoms with Gasteiger partial charge in [-0.3, -0.25) is 9.59 Å². The minimum absolute atomic E-state index is 0.0610. The van der Waals surface area contributed by atoms with Gasteiger partial charge in [0.05, 0.1) is 0 Å². The highest BCUT2D eigenvalue weighted by Crippen LogP contribution is 2.14. The molecule has 18 heavy (non-hydrogen) atoms. The predicted molar refractivity (Wildman–Crippen MR) is 59.5 cm³/mol. The lowest BCUT2D eigenvalue weighted by Crippen LogP contribution is -2.49. The van der Waals surface area contributed by atoms with Crippen molar-refractivity contribution in [2.75, 3.05) is 6.54 Å². The number of nitrogens with one attached hydrogen (secondary N) is 1. The van der Waals surface area contributed by atoms with E-state index in [1.54, 1.807) is 0 Å². The fourth-order valence-electron chi connectivity index (χ4n) is 1.83. The average Bonchev–Trinajstić information content (AvgIpc) is 2.69. The Morgan fingerprint density at radius 3 is 2.56 bits per heavy atom. The third-order valence-corrected chi connectivity index (χ3v) is 2.82. The zero-order chi connectivity index (χ0) is 13.7. The average molecular weight is 259 g/mol. The molecule has 1 aliphatic rings. The van der Waals surface area contributed by atoms with E-state index in [0.717, 1.165) is 5.06 Å². The summed E-state index contributed by atoms with van der Waals surface area (Å²) >= 11 is 0. The van der Waals surface area contributed by atoms with Crippen molar-refractivity contribution in [1.29, 1.82) is 0 Å². The molecule has 0 aromatic heterocycles. The number of primary amides is 1. The second-order valence-corrected chi connectivity index (χ2v) is 4.23. The van der Waals surface area contributed by atoms with Crippen LogP contribution < -0.4 is 11.1 Å². The molecule has 0 aliphatic carbocycles. The Morgan fingerprint density at radius 1 is 1.44 bits per heavy atom. The maximum absolute atomic E-state index is 11.7. The minimum Gasteiger partial charge on any atom is -0.480 e. The smallest absolute Gasteiger partial charge is 0.326 e. The molecule has 8 heteroatoms. The number of carbonyl (C=O) groups is 3. The van der Waals surface area contributed by atoms with Crippen molar-refractivity contribution in [3.63, 3.8) is 0 Å². The monoisotopic (exact) mass is 259 g/mol. The molecule has 5 N–H and O–H groups in total. The van der Waals surface area contributed by atoms with E-state index in [0.29, 0.717) is 19.4 Å². The molecule has 0 spiro atoms. The lowest BCUT2D eigenvalue weighted by Gasteiger charge is -2.20. The van der Waals surface area contributed by atoms with Gasteiger partial charge in [0, 0.05) is 13.0 Å². The summed E-state index contributed by atoms with van der Waals surface area (Å²) in [6, 6.07) is -1.89. The number of hydroxylamine groups is 2. The second kappa shape index (κ2) is 6.31. The van der Waals surface area contributed by atoms with E-state index >= 15 is 0 Å². The molecule has 1 heterocycles. The standard InChI is InChI=1S/C10H17N3O5/c11-8(14)4-3-6(10(16)17)12-9(15)7-2-1-5-13(7)18/h6-7,18H,1-5H2,(H2,11,14)(H,12,15)(H,16,17). The first-order chi connectivity index (χ1) is 8.41. The number of hydrogen-bond donors (Lipinski definition) is 4. The molecular formula is C10H17N3O5. The van der Waals surface area contributed by atoms with Gasteiger partial charge in [0.25, 0.3) is 0 Å². The normalized spacial score (nSPS) is 21.5. The minimum atomic E-state index is -1.23. The van der Waals surface area contributed by atoms with Gasteiger partial charge in [-0.15, -0.1) is 0 Å². The van der Waals surface area contributed by atoms with Gasteiger partial charge >= 0.3 is 5.97 Å². The summed E-state index contributed by atoms with van der Waals surface area (Å²) in [4.78, 5) is 33.2. The Morgan fingerprint density at radius 2 is 2.11 bits per heavy atom. The summed E-state index contributed by atoms with van der Waals surface area (Å²) in [5.74, 6) is -2.40. The first-order valence-electron chi connectivity index (χ1n) is 5.69. The van der Waals surface area contributed by atoms with Gasteiger partial charge in [0.2, 0.25) is 11.8 Å². The van der Waals surface area contributed by atoms with Gasteiger partial charge in [-0.05, 0) is 19.3 Å². The first kappa shape index (κ1) is 14.4. The highest BCUT2D eigenvalue weighted by molar-refractivity contribution is 5.87. The van der Waals surface area contributed by atoms with Crippen LogP contribution in [0.3, 0.4) is 0 Å². The first-order valence-corrected chi connectivity index (χ1v) is 5.69. The van der Waals surface area contributed by atoms with Crippen molar-refractivity contribution in [3.05, 3.63) is 0 Å². The molecule has 0 aromatic rings. The molecule has 0 saturated carbocycles. The van der Waals surface area contributed by atoms with Crippen molar-refractivity contribution in [2.24, 2.45) is 5.73 Å². The summed E-state index contributed by atoms with van der Waals surface area (Å²) in [7, 11) is 0. The molecule has 2 unspecified atom stereocenters. The number of carboxylic acid groups (broad SMARTS) is 1. The number of carboxylic acids is 1. The van der Waals surface area contributed by atoms with Crippen LogP contribution in [0, 0.1) is 0 Å². The van der Waals surface area contributed by atoms with Gasteiger partial charge in [-0.25, -0.2) is 4.79 Å². The van der Waals surface area contributed by atoms with Crippen molar-refractivity contribution < 1.29 is 24.7 Å². The fourth-order valence-corrected chi connectivity index (χ4v) is 1.83. The van der Waals surface area contributed by atoms with Crippen LogP contribution in [0.15, 0.2) is 0 Å². The van der Waals surface area contributed by atoms with Crippen molar-refractivity contribution >= 4 is 17.8 Å². The molecule has 2 atom stereocenters. The third-order valence-electron chi connectivity index (χ3n) is 2.82. The Balaban J connectivity index is 2.52. The van der Waals surface area contributed by atoms with Gasteiger partial charge in [-0.1, -0.05) is 0 Å². The summed E-state index contributed by atoms with van der Waals surface area (Å²) in [5.41, 5.74) is 4.92. The van der Waals surface area contributed by atoms with Gasteiger partial charge < -0.3 is 21.4 Å². The van der Waals surface area contributed by atoms with E-state index in [1.807, 2.05) is 0 Å². The molecule has 0 bridgehead atoms. The summed E-state index contributed by atoms with van der Waals surface area (Å²) in [5, 5.41) is 21.5. The van der Waals surface area contributed by atoms with Crippen LogP contribution in [0.5, 0.6) is 0 Å². The summed E-state index contributed by atoms with van der Waals surface area (Å²) < 4.78 is 0. The summed E-state index contributed by atoms with van der Waals surface area (Å²) in [6.45, 7) is 0.386. The molecular weight excluding hydrogens is 242 g/mol. The Labute approximate surface area is 104 Å². The number of nitrogens with two attached hydrogens (primary N) is 1. The Kier molecular flexibility index (Phi) is 5.05. The predicted octanol–water partition coefficient (Wildman–Crippen LogP) is -1.33. The number of hydrogen-bond acceptors (Lipinski definition) is 5. The summed E-state index contributed by atoms with van der Waals surface area (Å²) in [6.07, 6.45) is 0.970. The van der Waals surface area contributed by atoms with E-state index < -0.39 is 29.9 Å². The zero-order valence-corrected chi connectivity index (χ0v) is 9.83. The maximum Gasteiger partial charge on any atom is 0.326 e. The van der Waals surface area contributed by atoms with E-state index in [2.05, 4.69) is 5.32 Å². The van der Waals surface area contributed by atoms with Crippen LogP contribution in [0.4, 0.5) is 0 Å². The Bertz CT molecular complexity index is 346. The van der Waals surface area contributed by atoms with Crippen LogP contribution in [-0.4, -0.2) is 51.8 Å². The van der Waals surface area contributed by atoms with Crippen LogP contribution in [0.1, 0.15) is 25.7 Å². The Hall–Kier alpha value is -1.67. The SMILES string of the molecule is NC(=O)CCC(NC(=O)C1CCCN1O)C(=O)O. The largest absolute Gasteiger partial charge is 0.480 e. The van der Waals surface area contributed by atoms with Crippen LogP contribution >= 0.6 is 0 Å². The maximum atomic E-state index is 11.7. The topological polar surface area (TPSA) is 133 Å². The molecule has 0 aromatic carbocycles. The zero-order valence-electron chi connectivity index (χ0n) is 9.83. The fraction of sp³-hybridized carbons (Fsp3) is 0.700. The van der Waals surface area contributed by atoms with Crippen molar-refractivity contribution in [3.8, 4) is 0 Å². The number of aliphatic carboxylic acids is 1. The molecule has 1 rings (SSSR count). The molecule has 8 nitrogen and oxygen atoms in total. The van der Waals surface area contributed by atoms with E-state index in [4.69, 9.17) is 10.8 Å². The van der Waals surface area contributed by atoms with Gasteiger partial charge in [-0.2, -0.15) is 5.06 Å². The molecule has 102 valence electrons. The second-order valence-electron chi connectivity index (χ2n) is 4.23. The van der Waals surface area contributed by atoms with E-state index in [-0.39, 0.29) is 12.8 Å². The lowest BCUT2D eigenvalue weighted by atomic mass is 10.1. The molecule has 1 saturated heterocycles. The number of amides is 2. The lowest BCUT2D eigenvalue weighted by molar-refractivity contribution is -0.151. The molecule has 1 fully saturated rings. The highest BCUT2D eigenvalue weighted by Gasteiger charge is 2.32. The van der Waals surface area contributed by atoms with Crippen LogP contribution in [0.25, 0.3) is 0 Å². The van der Waals surface area contributed by atoms with E-state index in [9.17, 15) is 19.6 Å². The molecule has 1 aliphatic heterocycles. The highest BCUT2D eigenvalue weighted by atomic mass is 16.5. The number of rotatable bonds is 6. The quantitative estimate of drug-likeness (QED) is 0.467. The molecule has 0 radical (unpaired) electrons. The van der Waals surface area contributed by atoms with Crippen LogP contribution in [0.2, 0.25) is 0 Å². The van der Waals surface area contributed by atoms with Crippen molar-refractivity contribution in [1.82, 2.24) is 10.4 Å². The van der Waals surface area contributed by atoms with Gasteiger partial charge in [0.1, 0.15) is 12.1 Å². The van der Waals surface area contributed by atoms with Gasteiger partial charge in [0.15, 0.2) is 0 Å². The molecule has 2 amide bonds.